The fraction of sp³-hybridized carbons (Fsp3) is 0.0769. The van der Waals surface area contributed by atoms with Gasteiger partial charge in [0.05, 0.1) is 19.7 Å². The zero-order valence-electron chi connectivity index (χ0n) is 11.3. The van der Waals surface area contributed by atoms with Crippen molar-refractivity contribution in [1.82, 2.24) is 0 Å². The summed E-state index contributed by atoms with van der Waals surface area (Å²) >= 11 is 1.29. The molecule has 0 bridgehead atoms. The summed E-state index contributed by atoms with van der Waals surface area (Å²) in [5.74, 6) is -3.62. The van der Waals surface area contributed by atoms with Crippen LogP contribution in [0.4, 0.5) is 32.0 Å². The molecule has 130 valence electrons. The van der Waals surface area contributed by atoms with E-state index in [1.165, 1.54) is 22.6 Å². The molecule has 3 nitrogen and oxygen atoms in total. The highest BCUT2D eigenvalue weighted by atomic mass is 127. The molecule has 0 atom stereocenters. The van der Waals surface area contributed by atoms with Crippen LogP contribution in [0.25, 0.3) is 0 Å². The highest BCUT2D eigenvalue weighted by molar-refractivity contribution is 14.1. The van der Waals surface area contributed by atoms with E-state index < -0.39 is 53.4 Å². The lowest BCUT2D eigenvalue weighted by atomic mass is 10.2. The summed E-state index contributed by atoms with van der Waals surface area (Å²) in [6, 6.07) is 2.21. The number of alkyl halides is 3. The van der Waals surface area contributed by atoms with Gasteiger partial charge < -0.3 is 0 Å². The molecule has 0 unspecified atom stereocenters. The maximum Gasteiger partial charge on any atom is 0.416 e. The van der Waals surface area contributed by atoms with E-state index in [1.54, 1.807) is 4.72 Å². The number of sulfonamides is 1. The molecule has 0 heterocycles. The lowest BCUT2D eigenvalue weighted by molar-refractivity contribution is -0.137. The average Bonchev–Trinajstić information content (AvgIpc) is 2.46. The third-order valence-corrected chi connectivity index (χ3v) is 5.12. The molecule has 2 aromatic rings. The van der Waals surface area contributed by atoms with Crippen molar-refractivity contribution < 1.29 is 34.8 Å². The minimum Gasteiger partial charge on any atom is -0.277 e. The first-order valence-electron chi connectivity index (χ1n) is 5.96. The van der Waals surface area contributed by atoms with Gasteiger partial charge in [-0.15, -0.1) is 0 Å². The minimum absolute atomic E-state index is 0.125. The molecule has 24 heavy (non-hydrogen) atoms. The van der Waals surface area contributed by atoms with Crippen LogP contribution in [0.15, 0.2) is 35.2 Å². The Morgan fingerprint density at radius 2 is 1.62 bits per heavy atom. The van der Waals surface area contributed by atoms with Gasteiger partial charge in [-0.3, -0.25) is 4.72 Å². The average molecular weight is 481 g/mol. The van der Waals surface area contributed by atoms with Gasteiger partial charge >= 0.3 is 6.18 Å². The van der Waals surface area contributed by atoms with Crippen LogP contribution < -0.4 is 4.72 Å². The first-order valence-corrected chi connectivity index (χ1v) is 8.52. The Balaban J connectivity index is 2.49. The van der Waals surface area contributed by atoms with Crippen LogP contribution in [0.3, 0.4) is 0 Å². The molecule has 0 amide bonds. The molecule has 0 saturated heterocycles. The smallest absolute Gasteiger partial charge is 0.277 e. The van der Waals surface area contributed by atoms with Gasteiger partial charge in [-0.2, -0.15) is 13.2 Å². The maximum atomic E-state index is 13.8. The summed E-state index contributed by atoms with van der Waals surface area (Å²) in [5.41, 5.74) is -2.20. The molecule has 11 heteroatoms. The van der Waals surface area contributed by atoms with Crippen molar-refractivity contribution in [2.24, 2.45) is 0 Å². The minimum atomic E-state index is -4.97. The van der Waals surface area contributed by atoms with Crippen molar-refractivity contribution in [2.75, 3.05) is 4.72 Å². The van der Waals surface area contributed by atoms with Gasteiger partial charge in [-0.25, -0.2) is 21.6 Å². The standard InChI is InChI=1S/C13H6F6INO2S/c14-7-3-6(13(17,18)19)4-8(5-7)24(22,23)21-10-2-1-9(15)12(20)11(10)16/h1-5,21H. The predicted octanol–water partition coefficient (Wildman–Crippen LogP) is 4.53. The largest absolute Gasteiger partial charge is 0.416 e. The number of rotatable bonds is 3. The number of halogens is 7. The van der Waals surface area contributed by atoms with Crippen molar-refractivity contribution in [3.8, 4) is 0 Å². The van der Waals surface area contributed by atoms with Crippen molar-refractivity contribution in [3.05, 3.63) is 56.9 Å². The highest BCUT2D eigenvalue weighted by Crippen LogP contribution is 2.32. The van der Waals surface area contributed by atoms with Crippen LogP contribution in [0.5, 0.6) is 0 Å². The van der Waals surface area contributed by atoms with Gasteiger partial charge in [0.15, 0.2) is 5.82 Å². The predicted molar refractivity (Wildman–Crippen MR) is 81.3 cm³/mol. The quantitative estimate of drug-likeness (QED) is 0.398. The Bertz CT molecular complexity index is 898. The first-order chi connectivity index (χ1) is 10.9. The Morgan fingerprint density at radius 3 is 2.21 bits per heavy atom. The highest BCUT2D eigenvalue weighted by Gasteiger charge is 2.33. The third kappa shape index (κ3) is 3.94. The van der Waals surface area contributed by atoms with Crippen LogP contribution in [0.2, 0.25) is 0 Å². The zero-order valence-corrected chi connectivity index (χ0v) is 14.2. The summed E-state index contributed by atoms with van der Waals surface area (Å²) in [6.07, 6.45) is -4.97. The number of anilines is 1. The Labute approximate surface area is 145 Å². The summed E-state index contributed by atoms with van der Waals surface area (Å²) in [7, 11) is -4.73. The van der Waals surface area contributed by atoms with E-state index in [2.05, 4.69) is 0 Å². The monoisotopic (exact) mass is 481 g/mol. The summed E-state index contributed by atoms with van der Waals surface area (Å²) in [5, 5.41) is 0. The molecule has 0 spiro atoms. The zero-order chi connectivity index (χ0) is 18.3. The number of nitrogens with one attached hydrogen (secondary N) is 1. The topological polar surface area (TPSA) is 46.2 Å². The SMILES string of the molecule is O=S(=O)(Nc1ccc(F)c(I)c1F)c1cc(F)cc(C(F)(F)F)c1. The maximum absolute atomic E-state index is 13.8. The van der Waals surface area contributed by atoms with E-state index >= 15 is 0 Å². The second-order valence-corrected chi connectivity index (χ2v) is 7.26. The second kappa shape index (κ2) is 6.43. The van der Waals surface area contributed by atoms with Crippen molar-refractivity contribution in [3.63, 3.8) is 0 Å². The van der Waals surface area contributed by atoms with Crippen LogP contribution in [0, 0.1) is 21.0 Å². The first kappa shape index (κ1) is 18.8. The van der Waals surface area contributed by atoms with Crippen molar-refractivity contribution >= 4 is 38.3 Å². The molecule has 0 fully saturated rings. The molecule has 2 aromatic carbocycles. The Kier molecular flexibility index (Phi) is 5.04. The van der Waals surface area contributed by atoms with Gasteiger partial charge in [0.1, 0.15) is 11.6 Å². The van der Waals surface area contributed by atoms with Gasteiger partial charge in [-0.05, 0) is 52.9 Å². The molecule has 0 aromatic heterocycles. The van der Waals surface area contributed by atoms with Gasteiger partial charge in [-0.1, -0.05) is 0 Å². The Morgan fingerprint density at radius 1 is 1.00 bits per heavy atom. The number of benzene rings is 2. The summed E-state index contributed by atoms with van der Waals surface area (Å²) in [6.45, 7) is 0. The molecular weight excluding hydrogens is 475 g/mol. The fourth-order valence-electron chi connectivity index (χ4n) is 1.69. The van der Waals surface area contributed by atoms with Crippen molar-refractivity contribution in [1.29, 1.82) is 0 Å². The van der Waals surface area contributed by atoms with E-state index in [-0.39, 0.29) is 12.1 Å². The normalized spacial score (nSPS) is 12.3. The van der Waals surface area contributed by atoms with Gasteiger partial charge in [0.25, 0.3) is 10.0 Å². The van der Waals surface area contributed by atoms with Gasteiger partial charge in [0, 0.05) is 0 Å². The second-order valence-electron chi connectivity index (χ2n) is 4.50. The van der Waals surface area contributed by atoms with Crippen LogP contribution in [0.1, 0.15) is 5.56 Å². The molecule has 0 saturated carbocycles. The van der Waals surface area contributed by atoms with E-state index in [0.717, 1.165) is 12.1 Å². The van der Waals surface area contributed by atoms with E-state index in [0.29, 0.717) is 6.07 Å². The van der Waals surface area contributed by atoms with Crippen LogP contribution in [-0.2, 0) is 16.2 Å². The van der Waals surface area contributed by atoms with Gasteiger partial charge in [0.2, 0.25) is 0 Å². The molecule has 0 aliphatic heterocycles. The number of hydrogen-bond donors (Lipinski definition) is 1. The third-order valence-electron chi connectivity index (χ3n) is 2.79. The summed E-state index contributed by atoms with van der Waals surface area (Å²) < 4.78 is 104. The molecule has 2 rings (SSSR count). The number of hydrogen-bond acceptors (Lipinski definition) is 2. The van der Waals surface area contributed by atoms with Crippen molar-refractivity contribution in [2.45, 2.75) is 11.1 Å². The van der Waals surface area contributed by atoms with Crippen LogP contribution >= 0.6 is 22.6 Å². The lowest BCUT2D eigenvalue weighted by Gasteiger charge is -2.12. The fourth-order valence-corrected chi connectivity index (χ4v) is 3.28. The molecular formula is C13H6F6INO2S. The van der Waals surface area contributed by atoms with E-state index in [4.69, 9.17) is 0 Å². The Hall–Kier alpha value is -1.50. The summed E-state index contributed by atoms with van der Waals surface area (Å²) in [4.78, 5) is -1.05. The molecule has 0 radical (unpaired) electrons. The van der Waals surface area contributed by atoms with E-state index in [9.17, 15) is 34.8 Å². The van der Waals surface area contributed by atoms with E-state index in [1.807, 2.05) is 0 Å². The molecule has 0 aliphatic carbocycles. The molecule has 0 aliphatic rings. The van der Waals surface area contributed by atoms with Crippen LogP contribution in [-0.4, -0.2) is 8.42 Å². The molecule has 1 N–H and O–H groups in total. The lowest BCUT2D eigenvalue weighted by Crippen LogP contribution is -2.16.